The Balaban J connectivity index is 1.90. The van der Waals surface area contributed by atoms with Crippen molar-refractivity contribution in [2.75, 3.05) is 17.7 Å². The van der Waals surface area contributed by atoms with Crippen LogP contribution in [0.25, 0.3) is 0 Å². The average molecular weight is 350 g/mol. The molecule has 3 rings (SSSR count). The van der Waals surface area contributed by atoms with Gasteiger partial charge in [0.2, 0.25) is 5.95 Å². The largest absolute Gasteiger partial charge is 0.495 e. The topological polar surface area (TPSA) is 96.4 Å². The Morgan fingerprint density at radius 1 is 1.00 bits per heavy atom. The Morgan fingerprint density at radius 3 is 2.42 bits per heavy atom. The van der Waals surface area contributed by atoms with Crippen molar-refractivity contribution >= 4 is 29.1 Å². The van der Waals surface area contributed by atoms with E-state index in [0.717, 1.165) is 11.4 Å². The number of carbonyl (C=O) groups is 1. The number of carboxylic acid groups (broad SMARTS) is 1. The molecule has 7 nitrogen and oxygen atoms in total. The van der Waals surface area contributed by atoms with E-state index in [0.29, 0.717) is 23.2 Å². The highest BCUT2D eigenvalue weighted by Gasteiger charge is 2.11. The number of aromatic carboxylic acids is 1. The van der Waals surface area contributed by atoms with Crippen LogP contribution in [-0.2, 0) is 0 Å². The van der Waals surface area contributed by atoms with E-state index in [1.807, 2.05) is 31.2 Å². The minimum absolute atomic E-state index is 0.169. The van der Waals surface area contributed by atoms with Crippen molar-refractivity contribution in [3.63, 3.8) is 0 Å². The SMILES string of the molecule is COc1ccccc1Nc1nc(C)cc(Nc2ccccc2C(=O)O)n1. The zero-order chi connectivity index (χ0) is 18.5. The molecule has 0 aliphatic rings. The zero-order valence-corrected chi connectivity index (χ0v) is 14.4. The molecular formula is C19H18N4O3. The number of ether oxygens (including phenoxy) is 1. The number of carboxylic acids is 1. The number of para-hydroxylation sites is 3. The number of hydrogen-bond acceptors (Lipinski definition) is 6. The molecule has 0 aliphatic heterocycles. The van der Waals surface area contributed by atoms with Gasteiger partial charge in [-0.25, -0.2) is 9.78 Å². The minimum atomic E-state index is -1.01. The number of rotatable bonds is 6. The van der Waals surface area contributed by atoms with Crippen molar-refractivity contribution < 1.29 is 14.6 Å². The fourth-order valence-corrected chi connectivity index (χ4v) is 2.47. The summed E-state index contributed by atoms with van der Waals surface area (Å²) in [5.74, 6) is 0.531. The van der Waals surface area contributed by atoms with Crippen molar-refractivity contribution in [2.24, 2.45) is 0 Å². The molecule has 0 spiro atoms. The van der Waals surface area contributed by atoms with Gasteiger partial charge in [-0.15, -0.1) is 0 Å². The predicted octanol–water partition coefficient (Wildman–Crippen LogP) is 3.98. The van der Waals surface area contributed by atoms with Crippen LogP contribution in [0.3, 0.4) is 0 Å². The molecule has 0 radical (unpaired) electrons. The normalized spacial score (nSPS) is 10.2. The molecule has 3 N–H and O–H groups in total. The van der Waals surface area contributed by atoms with Crippen LogP contribution in [0, 0.1) is 6.92 Å². The lowest BCUT2D eigenvalue weighted by atomic mass is 10.2. The molecule has 1 aromatic heterocycles. The molecule has 3 aromatic rings. The first-order valence-corrected chi connectivity index (χ1v) is 7.92. The number of methoxy groups -OCH3 is 1. The highest BCUT2D eigenvalue weighted by Crippen LogP contribution is 2.27. The molecule has 1 heterocycles. The number of nitrogens with one attached hydrogen (secondary N) is 2. The molecule has 0 unspecified atom stereocenters. The molecule has 2 aromatic carbocycles. The van der Waals surface area contributed by atoms with Crippen molar-refractivity contribution in [1.29, 1.82) is 0 Å². The highest BCUT2D eigenvalue weighted by molar-refractivity contribution is 5.95. The number of hydrogen-bond donors (Lipinski definition) is 3. The van der Waals surface area contributed by atoms with E-state index in [9.17, 15) is 9.90 Å². The standard InChI is InChI=1S/C19H18N4O3/c1-12-11-17(21-14-8-4-3-7-13(14)18(24)25)23-19(20-12)22-15-9-5-6-10-16(15)26-2/h3-11H,1-2H3,(H,24,25)(H2,20,21,22,23). The maximum atomic E-state index is 11.4. The molecule has 7 heteroatoms. The molecule has 0 saturated carbocycles. The second-order valence-corrected chi connectivity index (χ2v) is 5.52. The number of aryl methyl sites for hydroxylation is 1. The van der Waals surface area contributed by atoms with Gasteiger partial charge in [0.25, 0.3) is 0 Å². The van der Waals surface area contributed by atoms with Gasteiger partial charge in [-0.05, 0) is 31.2 Å². The second kappa shape index (κ2) is 7.52. The zero-order valence-electron chi connectivity index (χ0n) is 14.4. The van der Waals surface area contributed by atoms with Crippen LogP contribution in [0.15, 0.2) is 54.6 Å². The first kappa shape index (κ1) is 17.2. The van der Waals surface area contributed by atoms with Crippen molar-refractivity contribution in [1.82, 2.24) is 9.97 Å². The van der Waals surface area contributed by atoms with Gasteiger partial charge < -0.3 is 20.5 Å². The highest BCUT2D eigenvalue weighted by atomic mass is 16.5. The summed E-state index contributed by atoms with van der Waals surface area (Å²) in [6.07, 6.45) is 0. The summed E-state index contributed by atoms with van der Waals surface area (Å²) in [6.45, 7) is 1.84. The van der Waals surface area contributed by atoms with Crippen LogP contribution in [0.4, 0.5) is 23.1 Å². The van der Waals surface area contributed by atoms with Crippen LogP contribution >= 0.6 is 0 Å². The van der Waals surface area contributed by atoms with Crippen LogP contribution in [0.1, 0.15) is 16.1 Å². The third-order valence-electron chi connectivity index (χ3n) is 3.63. The summed E-state index contributed by atoms with van der Waals surface area (Å²) >= 11 is 0. The first-order chi connectivity index (χ1) is 12.6. The number of anilines is 4. The minimum Gasteiger partial charge on any atom is -0.495 e. The van der Waals surface area contributed by atoms with E-state index in [1.165, 1.54) is 6.07 Å². The average Bonchev–Trinajstić information content (AvgIpc) is 2.62. The summed E-state index contributed by atoms with van der Waals surface area (Å²) in [5, 5.41) is 15.5. The maximum absolute atomic E-state index is 11.4. The van der Waals surface area contributed by atoms with E-state index in [1.54, 1.807) is 31.4 Å². The maximum Gasteiger partial charge on any atom is 0.337 e. The molecule has 26 heavy (non-hydrogen) atoms. The molecule has 0 saturated heterocycles. The van der Waals surface area contributed by atoms with E-state index in [2.05, 4.69) is 20.6 Å². The number of benzene rings is 2. The smallest absolute Gasteiger partial charge is 0.337 e. The summed E-state index contributed by atoms with van der Waals surface area (Å²) in [5.41, 5.74) is 2.09. The second-order valence-electron chi connectivity index (χ2n) is 5.52. The number of nitrogens with zero attached hydrogens (tertiary/aromatic N) is 2. The summed E-state index contributed by atoms with van der Waals surface area (Å²) in [6, 6.07) is 15.8. The van der Waals surface area contributed by atoms with Gasteiger partial charge in [0, 0.05) is 11.8 Å². The fourth-order valence-electron chi connectivity index (χ4n) is 2.47. The Hall–Kier alpha value is -3.61. The molecule has 132 valence electrons. The van der Waals surface area contributed by atoms with Gasteiger partial charge in [-0.3, -0.25) is 0 Å². The van der Waals surface area contributed by atoms with Gasteiger partial charge in [0.1, 0.15) is 11.6 Å². The first-order valence-electron chi connectivity index (χ1n) is 7.92. The fraction of sp³-hybridized carbons (Fsp3) is 0.105. The van der Waals surface area contributed by atoms with Crippen LogP contribution in [0.5, 0.6) is 5.75 Å². The van der Waals surface area contributed by atoms with Crippen LogP contribution in [-0.4, -0.2) is 28.2 Å². The van der Waals surface area contributed by atoms with Crippen molar-refractivity contribution in [2.45, 2.75) is 6.92 Å². The summed E-state index contributed by atoms with van der Waals surface area (Å²) in [7, 11) is 1.59. The van der Waals surface area contributed by atoms with Gasteiger partial charge in [-0.2, -0.15) is 4.98 Å². The lowest BCUT2D eigenvalue weighted by Gasteiger charge is -2.13. The molecule has 0 aliphatic carbocycles. The van der Waals surface area contributed by atoms with E-state index >= 15 is 0 Å². The summed E-state index contributed by atoms with van der Waals surface area (Å²) in [4.78, 5) is 20.1. The van der Waals surface area contributed by atoms with E-state index < -0.39 is 5.97 Å². The Bertz CT molecular complexity index is 944. The van der Waals surface area contributed by atoms with Gasteiger partial charge in [0.05, 0.1) is 24.0 Å². The molecule has 0 bridgehead atoms. The van der Waals surface area contributed by atoms with Gasteiger partial charge >= 0.3 is 5.97 Å². The molecular weight excluding hydrogens is 332 g/mol. The third kappa shape index (κ3) is 3.89. The van der Waals surface area contributed by atoms with E-state index in [-0.39, 0.29) is 5.56 Å². The molecule has 0 amide bonds. The van der Waals surface area contributed by atoms with E-state index in [4.69, 9.17) is 4.74 Å². The van der Waals surface area contributed by atoms with Gasteiger partial charge in [-0.1, -0.05) is 24.3 Å². The van der Waals surface area contributed by atoms with Crippen LogP contribution in [0.2, 0.25) is 0 Å². The van der Waals surface area contributed by atoms with Crippen LogP contribution < -0.4 is 15.4 Å². The number of aromatic nitrogens is 2. The predicted molar refractivity (Wildman–Crippen MR) is 99.7 cm³/mol. The third-order valence-corrected chi connectivity index (χ3v) is 3.63. The Morgan fingerprint density at radius 2 is 1.69 bits per heavy atom. The lowest BCUT2D eigenvalue weighted by molar-refractivity contribution is 0.0698. The monoisotopic (exact) mass is 350 g/mol. The molecule has 0 fully saturated rings. The lowest BCUT2D eigenvalue weighted by Crippen LogP contribution is -2.06. The quantitative estimate of drug-likeness (QED) is 0.619. The van der Waals surface area contributed by atoms with Crippen molar-refractivity contribution in [3.05, 3.63) is 65.9 Å². The Labute approximate surface area is 150 Å². The Kier molecular flexibility index (Phi) is 4.98. The van der Waals surface area contributed by atoms with Gasteiger partial charge in [0.15, 0.2) is 0 Å². The summed E-state index contributed by atoms with van der Waals surface area (Å²) < 4.78 is 5.32. The molecule has 0 atom stereocenters. The van der Waals surface area contributed by atoms with Crippen molar-refractivity contribution in [3.8, 4) is 5.75 Å².